The van der Waals surface area contributed by atoms with Gasteiger partial charge >= 0.3 is 5.97 Å². The Kier molecular flexibility index (Phi) is 7.11. The number of amides is 1. The summed E-state index contributed by atoms with van der Waals surface area (Å²) in [4.78, 5) is 35.9. The number of rotatable bonds is 8. The molecule has 3 rings (SSSR count). The predicted octanol–water partition coefficient (Wildman–Crippen LogP) is 4.39. The van der Waals surface area contributed by atoms with Crippen molar-refractivity contribution in [1.29, 1.82) is 0 Å². The third-order valence-electron chi connectivity index (χ3n) is 4.25. The maximum absolute atomic E-state index is 13.0. The highest BCUT2D eigenvalue weighted by Crippen LogP contribution is 2.19. The van der Waals surface area contributed by atoms with Gasteiger partial charge in [0.15, 0.2) is 12.4 Å². The van der Waals surface area contributed by atoms with Gasteiger partial charge in [-0.15, -0.1) is 0 Å². The number of anilines is 1. The first-order chi connectivity index (χ1) is 14.9. The predicted molar refractivity (Wildman–Crippen MR) is 113 cm³/mol. The fraction of sp³-hybridized carbons (Fsp3) is 0.125. The topological polar surface area (TPSA) is 81.7 Å². The average molecular weight is 421 g/mol. The van der Waals surface area contributed by atoms with Crippen molar-refractivity contribution in [3.05, 3.63) is 89.7 Å². The van der Waals surface area contributed by atoms with Crippen LogP contribution in [0.25, 0.3) is 0 Å². The molecule has 3 aromatic carbocycles. The molecule has 6 nitrogen and oxygen atoms in total. The summed E-state index contributed by atoms with van der Waals surface area (Å²) in [5, 5.41) is 2.71. The molecule has 1 amide bonds. The molecule has 0 aliphatic heterocycles. The van der Waals surface area contributed by atoms with Crippen LogP contribution < -0.4 is 14.8 Å². The molecule has 0 atom stereocenters. The first-order valence-corrected chi connectivity index (χ1v) is 9.58. The summed E-state index contributed by atoms with van der Waals surface area (Å²) in [5.74, 6) is -0.771. The van der Waals surface area contributed by atoms with Crippen LogP contribution in [0.1, 0.15) is 29.3 Å². The van der Waals surface area contributed by atoms with Gasteiger partial charge in [0.25, 0.3) is 0 Å². The molecule has 0 saturated carbocycles. The van der Waals surface area contributed by atoms with Gasteiger partial charge in [-0.1, -0.05) is 13.0 Å². The van der Waals surface area contributed by atoms with Gasteiger partial charge in [0.2, 0.25) is 5.91 Å². The van der Waals surface area contributed by atoms with E-state index in [2.05, 4.69) is 5.32 Å². The number of carbonyl (C=O) groups is 3. The third-order valence-corrected chi connectivity index (χ3v) is 4.25. The molecule has 158 valence electrons. The SMILES string of the molecule is CCC(=O)Nc1cccc(OCC(=O)Oc2ccc(C(=O)c3ccc(F)cc3)cc2)c1. The summed E-state index contributed by atoms with van der Waals surface area (Å²) in [7, 11) is 0. The van der Waals surface area contributed by atoms with Crippen molar-refractivity contribution in [3.63, 3.8) is 0 Å². The maximum Gasteiger partial charge on any atom is 0.349 e. The number of ketones is 1. The molecule has 0 radical (unpaired) electrons. The van der Waals surface area contributed by atoms with Gasteiger partial charge < -0.3 is 14.8 Å². The molecule has 7 heteroatoms. The van der Waals surface area contributed by atoms with Crippen LogP contribution in [0, 0.1) is 5.82 Å². The van der Waals surface area contributed by atoms with Gasteiger partial charge in [0.1, 0.15) is 17.3 Å². The number of ether oxygens (including phenoxy) is 2. The Hall–Kier alpha value is -4.00. The van der Waals surface area contributed by atoms with Crippen LogP contribution in [0.5, 0.6) is 11.5 Å². The summed E-state index contributed by atoms with van der Waals surface area (Å²) >= 11 is 0. The summed E-state index contributed by atoms with van der Waals surface area (Å²) in [6, 6.07) is 18.0. The van der Waals surface area contributed by atoms with E-state index >= 15 is 0 Å². The monoisotopic (exact) mass is 421 g/mol. The fourth-order valence-corrected chi connectivity index (χ4v) is 2.66. The number of esters is 1. The number of carbonyl (C=O) groups excluding carboxylic acids is 3. The largest absolute Gasteiger partial charge is 0.482 e. The number of halogens is 1. The zero-order valence-corrected chi connectivity index (χ0v) is 16.8. The lowest BCUT2D eigenvalue weighted by Crippen LogP contribution is -2.18. The Bertz CT molecular complexity index is 1080. The summed E-state index contributed by atoms with van der Waals surface area (Å²) in [5.41, 5.74) is 1.31. The van der Waals surface area contributed by atoms with Gasteiger partial charge in [-0.25, -0.2) is 9.18 Å². The minimum absolute atomic E-state index is 0.127. The molecule has 0 aliphatic carbocycles. The van der Waals surface area contributed by atoms with Gasteiger partial charge in [-0.2, -0.15) is 0 Å². The van der Waals surface area contributed by atoms with Crippen molar-refractivity contribution in [2.45, 2.75) is 13.3 Å². The zero-order chi connectivity index (χ0) is 22.2. The van der Waals surface area contributed by atoms with E-state index in [1.165, 1.54) is 48.5 Å². The van der Waals surface area contributed by atoms with Crippen LogP contribution in [0.2, 0.25) is 0 Å². The Labute approximate surface area is 178 Å². The number of benzene rings is 3. The molecule has 31 heavy (non-hydrogen) atoms. The second-order valence-corrected chi connectivity index (χ2v) is 6.55. The van der Waals surface area contributed by atoms with Crippen LogP contribution in [0.4, 0.5) is 10.1 Å². The maximum atomic E-state index is 13.0. The van der Waals surface area contributed by atoms with E-state index in [9.17, 15) is 18.8 Å². The van der Waals surface area contributed by atoms with Gasteiger partial charge in [-0.3, -0.25) is 9.59 Å². The van der Waals surface area contributed by atoms with E-state index in [0.29, 0.717) is 29.0 Å². The zero-order valence-electron chi connectivity index (χ0n) is 16.8. The van der Waals surface area contributed by atoms with E-state index in [1.807, 2.05) is 0 Å². The van der Waals surface area contributed by atoms with E-state index < -0.39 is 11.8 Å². The first kappa shape index (κ1) is 21.7. The molecule has 0 unspecified atom stereocenters. The molecular weight excluding hydrogens is 401 g/mol. The third kappa shape index (κ3) is 6.24. The van der Waals surface area contributed by atoms with E-state index in [-0.39, 0.29) is 24.0 Å². The highest BCUT2D eigenvalue weighted by molar-refractivity contribution is 6.09. The second-order valence-electron chi connectivity index (χ2n) is 6.55. The summed E-state index contributed by atoms with van der Waals surface area (Å²) in [6.45, 7) is 1.42. The lowest BCUT2D eigenvalue weighted by molar-refractivity contribution is -0.136. The van der Waals surface area contributed by atoms with Crippen molar-refractivity contribution < 1.29 is 28.2 Å². The summed E-state index contributed by atoms with van der Waals surface area (Å²) in [6.07, 6.45) is 0.353. The fourth-order valence-electron chi connectivity index (χ4n) is 2.66. The number of hydrogen-bond acceptors (Lipinski definition) is 5. The minimum Gasteiger partial charge on any atom is -0.482 e. The Morgan fingerprint density at radius 2 is 1.52 bits per heavy atom. The van der Waals surface area contributed by atoms with Crippen molar-refractivity contribution in [1.82, 2.24) is 0 Å². The Morgan fingerprint density at radius 1 is 0.871 bits per heavy atom. The standard InChI is InChI=1S/C24H20FNO5/c1-2-22(27)26-19-4-3-5-21(14-19)30-15-23(28)31-20-12-8-17(9-13-20)24(29)16-6-10-18(25)11-7-16/h3-14H,2,15H2,1H3,(H,26,27). The molecule has 1 N–H and O–H groups in total. The molecule has 0 heterocycles. The van der Waals surface area contributed by atoms with Crippen LogP contribution in [0.3, 0.4) is 0 Å². The highest BCUT2D eigenvalue weighted by Gasteiger charge is 2.11. The molecule has 0 aromatic heterocycles. The molecule has 0 bridgehead atoms. The van der Waals surface area contributed by atoms with Gasteiger partial charge in [0.05, 0.1) is 0 Å². The Balaban J connectivity index is 1.54. The normalized spacial score (nSPS) is 10.3. The van der Waals surface area contributed by atoms with Gasteiger partial charge in [0, 0.05) is 29.3 Å². The highest BCUT2D eigenvalue weighted by atomic mass is 19.1. The van der Waals surface area contributed by atoms with Crippen molar-refractivity contribution in [2.24, 2.45) is 0 Å². The van der Waals surface area contributed by atoms with Gasteiger partial charge in [-0.05, 0) is 60.7 Å². The quantitative estimate of drug-likeness (QED) is 0.331. The average Bonchev–Trinajstić information content (AvgIpc) is 2.78. The first-order valence-electron chi connectivity index (χ1n) is 9.58. The second kappa shape index (κ2) is 10.2. The van der Waals surface area contributed by atoms with Crippen molar-refractivity contribution in [2.75, 3.05) is 11.9 Å². The van der Waals surface area contributed by atoms with E-state index in [0.717, 1.165) is 0 Å². The van der Waals surface area contributed by atoms with E-state index in [1.54, 1.807) is 31.2 Å². The molecular formula is C24H20FNO5. The lowest BCUT2D eigenvalue weighted by atomic mass is 10.0. The van der Waals surface area contributed by atoms with Crippen molar-refractivity contribution in [3.8, 4) is 11.5 Å². The van der Waals surface area contributed by atoms with E-state index in [4.69, 9.17) is 9.47 Å². The van der Waals surface area contributed by atoms with Crippen molar-refractivity contribution >= 4 is 23.3 Å². The molecule has 0 saturated heterocycles. The molecule has 0 spiro atoms. The molecule has 0 fully saturated rings. The van der Waals surface area contributed by atoms with Crippen LogP contribution in [-0.2, 0) is 9.59 Å². The number of hydrogen-bond donors (Lipinski definition) is 1. The van der Waals surface area contributed by atoms with Crippen LogP contribution >= 0.6 is 0 Å². The minimum atomic E-state index is -0.624. The smallest absolute Gasteiger partial charge is 0.349 e. The van der Waals surface area contributed by atoms with Crippen LogP contribution in [0.15, 0.2) is 72.8 Å². The number of nitrogens with one attached hydrogen (secondary N) is 1. The molecule has 0 aliphatic rings. The molecule has 3 aromatic rings. The lowest BCUT2D eigenvalue weighted by Gasteiger charge is -2.09. The van der Waals surface area contributed by atoms with Crippen LogP contribution in [-0.4, -0.2) is 24.3 Å². The summed E-state index contributed by atoms with van der Waals surface area (Å²) < 4.78 is 23.6. The Morgan fingerprint density at radius 3 is 2.16 bits per heavy atom.